The molecular formula is C27H37N3O5S. The summed E-state index contributed by atoms with van der Waals surface area (Å²) < 4.78 is 5.29. The zero-order valence-corrected chi connectivity index (χ0v) is 22.5. The van der Waals surface area contributed by atoms with Gasteiger partial charge in [0.15, 0.2) is 0 Å². The maximum atomic E-state index is 13.7. The number of nitrogens with zero attached hydrogens (tertiary/aromatic N) is 1. The number of hydrogen-bond acceptors (Lipinski definition) is 6. The highest BCUT2D eigenvalue weighted by Crippen LogP contribution is 2.27. The molecule has 0 saturated carbocycles. The number of ether oxygens (including phenoxy) is 1. The number of alkyl carbamates (subject to hydrolysis) is 1. The Morgan fingerprint density at radius 2 is 1.75 bits per heavy atom. The van der Waals surface area contributed by atoms with Crippen LogP contribution >= 0.6 is 12.6 Å². The number of hydrogen-bond donors (Lipinski definition) is 4. The van der Waals surface area contributed by atoms with Gasteiger partial charge in [-0.05, 0) is 51.3 Å². The Morgan fingerprint density at radius 1 is 1.08 bits per heavy atom. The molecular weight excluding hydrogens is 478 g/mol. The summed E-state index contributed by atoms with van der Waals surface area (Å²) in [6, 6.07) is 13.0. The molecule has 0 aliphatic carbocycles. The van der Waals surface area contributed by atoms with Gasteiger partial charge in [0.25, 0.3) is 0 Å². The normalized spacial score (nSPS) is 12.9. The Morgan fingerprint density at radius 3 is 2.33 bits per heavy atom. The minimum absolute atomic E-state index is 0.0227. The molecule has 0 radical (unpaired) electrons. The second-order valence-electron chi connectivity index (χ2n) is 9.60. The number of rotatable bonds is 10. The number of carbonyl (C=O) groups is 3. The zero-order valence-electron chi connectivity index (χ0n) is 21.6. The maximum Gasteiger partial charge on any atom is 0.408 e. The van der Waals surface area contributed by atoms with E-state index in [1.165, 1.54) is 4.90 Å². The lowest BCUT2D eigenvalue weighted by molar-refractivity contribution is -0.142. The van der Waals surface area contributed by atoms with E-state index in [4.69, 9.17) is 4.74 Å². The first-order valence-corrected chi connectivity index (χ1v) is 12.5. The summed E-state index contributed by atoms with van der Waals surface area (Å²) in [5, 5.41) is 15.3. The highest BCUT2D eigenvalue weighted by molar-refractivity contribution is 7.80. The van der Waals surface area contributed by atoms with Gasteiger partial charge in [-0.3, -0.25) is 9.59 Å². The molecule has 2 atom stereocenters. The Kier molecular flexibility index (Phi) is 10.8. The van der Waals surface area contributed by atoms with Crippen LogP contribution in [0.2, 0.25) is 0 Å². The van der Waals surface area contributed by atoms with Gasteiger partial charge in [0, 0.05) is 18.8 Å². The van der Waals surface area contributed by atoms with Gasteiger partial charge in [-0.1, -0.05) is 54.1 Å². The third kappa shape index (κ3) is 8.57. The molecule has 0 heterocycles. The number of thiol groups is 1. The Hall–Kier alpha value is -3.04. The van der Waals surface area contributed by atoms with Crippen molar-refractivity contribution < 1.29 is 24.2 Å². The fourth-order valence-corrected chi connectivity index (χ4v) is 3.94. The molecule has 0 spiro atoms. The van der Waals surface area contributed by atoms with Crippen molar-refractivity contribution in [3.63, 3.8) is 0 Å². The fraction of sp³-hybridized carbons (Fsp3) is 0.444. The monoisotopic (exact) mass is 515 g/mol. The van der Waals surface area contributed by atoms with Gasteiger partial charge in [-0.2, -0.15) is 12.6 Å². The first-order valence-electron chi connectivity index (χ1n) is 11.9. The molecule has 0 fully saturated rings. The highest BCUT2D eigenvalue weighted by atomic mass is 32.1. The first kappa shape index (κ1) is 29.2. The summed E-state index contributed by atoms with van der Waals surface area (Å²) in [7, 11) is 0. The summed E-state index contributed by atoms with van der Waals surface area (Å²) in [4.78, 5) is 40.9. The van der Waals surface area contributed by atoms with E-state index in [2.05, 4.69) is 23.3 Å². The van der Waals surface area contributed by atoms with E-state index in [0.29, 0.717) is 5.56 Å². The van der Waals surface area contributed by atoms with Crippen LogP contribution in [0.1, 0.15) is 49.1 Å². The van der Waals surface area contributed by atoms with E-state index in [-0.39, 0.29) is 25.4 Å². The second-order valence-corrected chi connectivity index (χ2v) is 9.97. The Labute approximate surface area is 218 Å². The van der Waals surface area contributed by atoms with Crippen molar-refractivity contribution in [2.24, 2.45) is 0 Å². The van der Waals surface area contributed by atoms with Crippen molar-refractivity contribution in [3.8, 4) is 0 Å². The van der Waals surface area contributed by atoms with Crippen molar-refractivity contribution in [1.82, 2.24) is 15.5 Å². The van der Waals surface area contributed by atoms with Gasteiger partial charge in [0.1, 0.15) is 17.7 Å². The van der Waals surface area contributed by atoms with Gasteiger partial charge in [-0.25, -0.2) is 4.79 Å². The molecule has 9 heteroatoms. The van der Waals surface area contributed by atoms with Crippen molar-refractivity contribution in [1.29, 1.82) is 0 Å². The lowest BCUT2D eigenvalue weighted by Crippen LogP contribution is -2.54. The summed E-state index contributed by atoms with van der Waals surface area (Å²) in [5.41, 5.74) is 2.53. The smallest absolute Gasteiger partial charge is 0.408 e. The zero-order chi connectivity index (χ0) is 26.9. The molecule has 0 bridgehead atoms. The van der Waals surface area contributed by atoms with Crippen molar-refractivity contribution in [2.75, 3.05) is 18.9 Å². The topological polar surface area (TPSA) is 108 Å². The first-order chi connectivity index (χ1) is 17.0. The largest absolute Gasteiger partial charge is 0.444 e. The SMILES string of the molecule is Cc1ccc(C)c(C(C(=O)NCc2ccccc2)N(CCO)C(=O)C(CS)NC(=O)OC(C)(C)C)c1. The summed E-state index contributed by atoms with van der Waals surface area (Å²) in [5.74, 6) is -0.972. The van der Waals surface area contributed by atoms with Crippen LogP contribution in [0.5, 0.6) is 0 Å². The molecule has 2 aromatic rings. The van der Waals surface area contributed by atoms with Gasteiger partial charge in [0.05, 0.1) is 6.61 Å². The van der Waals surface area contributed by atoms with Crippen LogP contribution in [0.3, 0.4) is 0 Å². The molecule has 2 rings (SSSR count). The van der Waals surface area contributed by atoms with Crippen molar-refractivity contribution >= 4 is 30.5 Å². The maximum absolute atomic E-state index is 13.7. The van der Waals surface area contributed by atoms with Crippen LogP contribution in [0.15, 0.2) is 48.5 Å². The van der Waals surface area contributed by atoms with Crippen molar-refractivity contribution in [3.05, 3.63) is 70.8 Å². The highest BCUT2D eigenvalue weighted by Gasteiger charge is 2.36. The predicted molar refractivity (Wildman–Crippen MR) is 143 cm³/mol. The quantitative estimate of drug-likeness (QED) is 0.363. The van der Waals surface area contributed by atoms with Gasteiger partial charge in [0.2, 0.25) is 11.8 Å². The number of benzene rings is 2. The molecule has 2 aromatic carbocycles. The number of nitrogens with one attached hydrogen (secondary N) is 2. The third-order valence-corrected chi connectivity index (χ3v) is 5.76. The Balaban J connectivity index is 2.42. The van der Waals surface area contributed by atoms with Crippen LogP contribution in [0, 0.1) is 13.8 Å². The summed E-state index contributed by atoms with van der Waals surface area (Å²) >= 11 is 4.26. The van der Waals surface area contributed by atoms with Crippen LogP contribution in [0.25, 0.3) is 0 Å². The minimum Gasteiger partial charge on any atom is -0.444 e. The van der Waals surface area contributed by atoms with E-state index >= 15 is 0 Å². The average molecular weight is 516 g/mol. The molecule has 0 aliphatic heterocycles. The van der Waals surface area contributed by atoms with Crippen LogP contribution in [-0.4, -0.2) is 58.5 Å². The number of amides is 3. The van der Waals surface area contributed by atoms with E-state index in [1.807, 2.05) is 62.4 Å². The summed E-state index contributed by atoms with van der Waals surface area (Å²) in [6.07, 6.45) is -0.768. The van der Waals surface area contributed by atoms with E-state index < -0.39 is 35.6 Å². The van der Waals surface area contributed by atoms with E-state index in [0.717, 1.165) is 16.7 Å². The van der Waals surface area contributed by atoms with E-state index in [9.17, 15) is 19.5 Å². The van der Waals surface area contributed by atoms with Gasteiger partial charge < -0.3 is 25.4 Å². The molecule has 0 aliphatic rings. The molecule has 3 amide bonds. The average Bonchev–Trinajstić information content (AvgIpc) is 2.82. The lowest BCUT2D eigenvalue weighted by Gasteiger charge is -2.34. The number of aliphatic hydroxyl groups excluding tert-OH is 1. The van der Waals surface area contributed by atoms with Crippen LogP contribution < -0.4 is 10.6 Å². The van der Waals surface area contributed by atoms with Crippen molar-refractivity contribution in [2.45, 2.75) is 58.8 Å². The number of aliphatic hydroxyl groups is 1. The van der Waals surface area contributed by atoms with Gasteiger partial charge >= 0.3 is 6.09 Å². The standard InChI is InChI=1S/C27H37N3O5S/c1-18-11-12-19(2)21(15-18)23(24(32)28-16-20-9-7-6-8-10-20)30(13-14-31)25(33)22(17-36)29-26(34)35-27(3,4)5/h6-12,15,22-23,31,36H,13-14,16-17H2,1-5H3,(H,28,32)(H,29,34). The molecule has 8 nitrogen and oxygen atoms in total. The molecule has 36 heavy (non-hydrogen) atoms. The molecule has 3 N–H and O–H groups in total. The summed E-state index contributed by atoms with van der Waals surface area (Å²) in [6.45, 7) is 8.71. The third-order valence-electron chi connectivity index (χ3n) is 5.39. The molecule has 0 aromatic heterocycles. The lowest BCUT2D eigenvalue weighted by atomic mass is 9.96. The Bertz CT molecular complexity index is 1040. The molecule has 0 saturated heterocycles. The number of aryl methyl sites for hydroxylation is 2. The van der Waals surface area contributed by atoms with Gasteiger partial charge in [-0.15, -0.1) is 0 Å². The molecule has 2 unspecified atom stereocenters. The minimum atomic E-state index is -1.07. The predicted octanol–water partition coefficient (Wildman–Crippen LogP) is 3.30. The number of carbonyl (C=O) groups excluding carboxylic acids is 3. The van der Waals surface area contributed by atoms with Crippen LogP contribution in [0.4, 0.5) is 4.79 Å². The molecule has 196 valence electrons. The van der Waals surface area contributed by atoms with Crippen LogP contribution in [-0.2, 0) is 20.9 Å². The van der Waals surface area contributed by atoms with E-state index in [1.54, 1.807) is 20.8 Å². The fourth-order valence-electron chi connectivity index (χ4n) is 3.70. The second kappa shape index (κ2) is 13.3.